The van der Waals surface area contributed by atoms with Gasteiger partial charge in [-0.2, -0.15) is 0 Å². The van der Waals surface area contributed by atoms with Gasteiger partial charge < -0.3 is 14.1 Å². The molecule has 6 heteroatoms. The first kappa shape index (κ1) is 16.1. The molecule has 1 aliphatic heterocycles. The van der Waals surface area contributed by atoms with Crippen LogP contribution in [0.1, 0.15) is 27.9 Å². The lowest BCUT2D eigenvalue weighted by Gasteiger charge is -2.34. The monoisotopic (exact) mass is 354 g/mol. The number of aromatic nitrogens is 1. The third kappa shape index (κ3) is 3.10. The van der Waals surface area contributed by atoms with Gasteiger partial charge in [-0.1, -0.05) is 30.3 Å². The van der Waals surface area contributed by atoms with Crippen molar-refractivity contribution < 1.29 is 13.9 Å². The van der Waals surface area contributed by atoms with Crippen LogP contribution in [-0.2, 0) is 4.74 Å². The molecule has 1 fully saturated rings. The molecule has 4 rings (SSSR count). The fraction of sp³-hybridized carbons (Fsp3) is 0.263. The lowest BCUT2D eigenvalue weighted by Crippen LogP contribution is -2.43. The normalized spacial score (nSPS) is 17.6. The summed E-state index contributed by atoms with van der Waals surface area (Å²) < 4.78 is 10.9. The molecule has 1 saturated heterocycles. The molecule has 0 saturated carbocycles. The van der Waals surface area contributed by atoms with Crippen LogP contribution in [0.3, 0.4) is 0 Å². The van der Waals surface area contributed by atoms with Crippen molar-refractivity contribution >= 4 is 17.2 Å². The summed E-state index contributed by atoms with van der Waals surface area (Å²) in [5, 5.41) is 2.97. The van der Waals surface area contributed by atoms with Gasteiger partial charge in [-0.25, -0.2) is 4.98 Å². The van der Waals surface area contributed by atoms with Crippen LogP contribution in [-0.4, -0.2) is 35.5 Å². The number of thiazole rings is 1. The van der Waals surface area contributed by atoms with Crippen molar-refractivity contribution in [3.05, 3.63) is 65.1 Å². The molecular weight excluding hydrogens is 336 g/mol. The summed E-state index contributed by atoms with van der Waals surface area (Å²) in [6.45, 7) is 3.35. The van der Waals surface area contributed by atoms with Crippen LogP contribution in [0.5, 0.6) is 0 Å². The van der Waals surface area contributed by atoms with Gasteiger partial charge in [0.05, 0.1) is 36.8 Å². The van der Waals surface area contributed by atoms with Gasteiger partial charge in [-0.3, -0.25) is 4.79 Å². The minimum atomic E-state index is -0.177. The number of ether oxygens (including phenoxy) is 1. The van der Waals surface area contributed by atoms with Gasteiger partial charge in [0.1, 0.15) is 10.8 Å². The minimum absolute atomic E-state index is 0.0335. The molecule has 5 nitrogen and oxygen atoms in total. The molecule has 0 unspecified atom stereocenters. The number of benzene rings is 1. The summed E-state index contributed by atoms with van der Waals surface area (Å²) in [5.41, 5.74) is 2.56. The average Bonchev–Trinajstić information content (AvgIpc) is 3.31. The molecule has 0 bridgehead atoms. The van der Waals surface area contributed by atoms with Gasteiger partial charge in [0.15, 0.2) is 0 Å². The number of aryl methyl sites for hydroxylation is 1. The van der Waals surface area contributed by atoms with Crippen molar-refractivity contribution in [2.45, 2.75) is 13.0 Å². The molecule has 1 atom stereocenters. The highest BCUT2D eigenvalue weighted by molar-refractivity contribution is 7.13. The maximum absolute atomic E-state index is 12.9. The number of morpholine rings is 1. The van der Waals surface area contributed by atoms with E-state index in [0.717, 1.165) is 16.3 Å². The third-order valence-corrected chi connectivity index (χ3v) is 5.27. The van der Waals surface area contributed by atoms with Gasteiger partial charge in [0, 0.05) is 17.5 Å². The van der Waals surface area contributed by atoms with E-state index in [-0.39, 0.29) is 11.9 Å². The van der Waals surface area contributed by atoms with E-state index in [1.807, 2.05) is 40.6 Å². The fourth-order valence-corrected chi connectivity index (χ4v) is 3.88. The van der Waals surface area contributed by atoms with E-state index in [4.69, 9.17) is 14.1 Å². The minimum Gasteiger partial charge on any atom is -0.469 e. The number of carbonyl (C=O) groups excluding carboxylic acids is 1. The zero-order chi connectivity index (χ0) is 17.2. The summed E-state index contributed by atoms with van der Waals surface area (Å²) in [7, 11) is 0. The van der Waals surface area contributed by atoms with Crippen molar-refractivity contribution in [1.29, 1.82) is 0 Å². The van der Waals surface area contributed by atoms with E-state index in [1.54, 1.807) is 30.6 Å². The highest BCUT2D eigenvalue weighted by Gasteiger charge is 2.32. The van der Waals surface area contributed by atoms with Gasteiger partial charge in [-0.05, 0) is 13.0 Å². The highest BCUT2D eigenvalue weighted by Crippen LogP contribution is 2.31. The number of furan rings is 1. The summed E-state index contributed by atoms with van der Waals surface area (Å²) in [6.07, 6.45) is 1.55. The number of amides is 1. The van der Waals surface area contributed by atoms with Gasteiger partial charge >= 0.3 is 0 Å². The van der Waals surface area contributed by atoms with Crippen LogP contribution < -0.4 is 0 Å². The van der Waals surface area contributed by atoms with Crippen molar-refractivity contribution in [3.63, 3.8) is 0 Å². The fourth-order valence-electron chi connectivity index (χ4n) is 3.01. The van der Waals surface area contributed by atoms with Gasteiger partial charge in [-0.15, -0.1) is 11.3 Å². The second kappa shape index (κ2) is 6.82. The topological polar surface area (TPSA) is 55.6 Å². The van der Waals surface area contributed by atoms with Crippen molar-refractivity contribution in [1.82, 2.24) is 9.88 Å². The highest BCUT2D eigenvalue weighted by atomic mass is 32.1. The van der Waals surface area contributed by atoms with Crippen molar-refractivity contribution in [3.8, 4) is 10.6 Å². The number of rotatable bonds is 3. The summed E-state index contributed by atoms with van der Waals surface area (Å²) >= 11 is 1.59. The standard InChI is InChI=1S/C19H18N2O3S/c1-13-15(7-9-24-13)19(22)21-8-10-23-11-17(21)16-12-25-18(20-16)14-5-3-2-4-6-14/h2-7,9,12,17H,8,10-11H2,1H3/t17-/m0/s1. The predicted molar refractivity (Wildman–Crippen MR) is 95.6 cm³/mol. The maximum Gasteiger partial charge on any atom is 0.258 e. The second-order valence-corrected chi connectivity index (χ2v) is 6.78. The summed E-state index contributed by atoms with van der Waals surface area (Å²) in [6, 6.07) is 11.6. The average molecular weight is 354 g/mol. The molecule has 1 amide bonds. The molecule has 0 radical (unpaired) electrons. The van der Waals surface area contributed by atoms with E-state index in [0.29, 0.717) is 31.1 Å². The Morgan fingerprint density at radius 1 is 1.28 bits per heavy atom. The van der Waals surface area contributed by atoms with E-state index < -0.39 is 0 Å². The molecule has 0 N–H and O–H groups in total. The number of nitrogens with zero attached hydrogens (tertiary/aromatic N) is 2. The quantitative estimate of drug-likeness (QED) is 0.715. The molecule has 0 spiro atoms. The van der Waals surface area contributed by atoms with Crippen molar-refractivity contribution in [2.75, 3.05) is 19.8 Å². The van der Waals surface area contributed by atoms with Crippen LogP contribution >= 0.6 is 11.3 Å². The largest absolute Gasteiger partial charge is 0.469 e. The Kier molecular flexibility index (Phi) is 4.38. The first-order chi connectivity index (χ1) is 12.2. The predicted octanol–water partition coefficient (Wildman–Crippen LogP) is 3.93. The first-order valence-corrected chi connectivity index (χ1v) is 9.05. The van der Waals surface area contributed by atoms with Crippen LogP contribution in [0.4, 0.5) is 0 Å². The lowest BCUT2D eigenvalue weighted by atomic mass is 10.1. The number of hydrogen-bond acceptors (Lipinski definition) is 5. The molecule has 1 aromatic carbocycles. The Bertz CT molecular complexity index is 872. The van der Waals surface area contributed by atoms with E-state index in [1.165, 1.54) is 0 Å². The molecule has 25 heavy (non-hydrogen) atoms. The van der Waals surface area contributed by atoms with E-state index in [9.17, 15) is 4.79 Å². The van der Waals surface area contributed by atoms with Crippen LogP contribution in [0.2, 0.25) is 0 Å². The van der Waals surface area contributed by atoms with Crippen molar-refractivity contribution in [2.24, 2.45) is 0 Å². The lowest BCUT2D eigenvalue weighted by molar-refractivity contribution is -0.00380. The Morgan fingerprint density at radius 2 is 2.12 bits per heavy atom. The molecular formula is C19H18N2O3S. The molecule has 3 aromatic rings. The third-order valence-electron chi connectivity index (χ3n) is 4.36. The first-order valence-electron chi connectivity index (χ1n) is 8.17. The molecule has 0 aliphatic carbocycles. The molecule has 2 aromatic heterocycles. The second-order valence-electron chi connectivity index (χ2n) is 5.92. The zero-order valence-electron chi connectivity index (χ0n) is 13.8. The summed E-state index contributed by atoms with van der Waals surface area (Å²) in [5.74, 6) is 0.604. The van der Waals surface area contributed by atoms with Crippen LogP contribution in [0, 0.1) is 6.92 Å². The number of carbonyl (C=O) groups is 1. The Hall–Kier alpha value is -2.44. The number of hydrogen-bond donors (Lipinski definition) is 0. The van der Waals surface area contributed by atoms with Gasteiger partial charge in [0.25, 0.3) is 5.91 Å². The summed E-state index contributed by atoms with van der Waals surface area (Å²) in [4.78, 5) is 19.5. The molecule has 128 valence electrons. The van der Waals surface area contributed by atoms with Crippen LogP contribution in [0.25, 0.3) is 10.6 Å². The Labute approximate surface area is 149 Å². The maximum atomic E-state index is 12.9. The molecule has 1 aliphatic rings. The SMILES string of the molecule is Cc1occc1C(=O)N1CCOC[C@H]1c1csc(-c2ccccc2)n1. The smallest absolute Gasteiger partial charge is 0.258 e. The zero-order valence-corrected chi connectivity index (χ0v) is 14.7. The molecule has 3 heterocycles. The Balaban J connectivity index is 1.63. The van der Waals surface area contributed by atoms with Crippen LogP contribution in [0.15, 0.2) is 52.5 Å². The van der Waals surface area contributed by atoms with E-state index in [2.05, 4.69) is 0 Å². The van der Waals surface area contributed by atoms with E-state index >= 15 is 0 Å². The Morgan fingerprint density at radius 3 is 2.88 bits per heavy atom. The van der Waals surface area contributed by atoms with Gasteiger partial charge in [0.2, 0.25) is 0 Å².